The summed E-state index contributed by atoms with van der Waals surface area (Å²) < 4.78 is 0. The molecule has 1 aliphatic heterocycles. The van der Waals surface area contributed by atoms with E-state index in [0.29, 0.717) is 17.8 Å². The second-order valence-corrected chi connectivity index (χ2v) is 5.00. The monoisotopic (exact) mass is 233 g/mol. The maximum Gasteiger partial charge on any atom is 0.136 e. The third-order valence-electron chi connectivity index (χ3n) is 3.61. The second kappa shape index (κ2) is 4.14. The highest BCUT2D eigenvalue weighted by Crippen LogP contribution is 2.39. The molecule has 0 amide bonds. The van der Waals surface area contributed by atoms with E-state index >= 15 is 0 Å². The van der Waals surface area contributed by atoms with Crippen LogP contribution >= 0.6 is 0 Å². The molecule has 2 aliphatic rings. The Kier molecular flexibility index (Phi) is 2.63. The first-order chi connectivity index (χ1) is 8.26. The lowest BCUT2D eigenvalue weighted by atomic mass is 10.3. The molecule has 1 aliphatic carbocycles. The van der Waals surface area contributed by atoms with Gasteiger partial charge in [-0.05, 0) is 26.3 Å². The van der Waals surface area contributed by atoms with Crippen molar-refractivity contribution in [3.63, 3.8) is 0 Å². The van der Waals surface area contributed by atoms with Gasteiger partial charge < -0.3 is 16.0 Å². The number of anilines is 2. The molecule has 0 aromatic carbocycles. The first-order valence-electron chi connectivity index (χ1n) is 6.33. The van der Waals surface area contributed by atoms with Crippen molar-refractivity contribution in [1.29, 1.82) is 0 Å². The molecule has 0 unspecified atom stereocenters. The minimum atomic E-state index is 0.556. The molecule has 1 atom stereocenters. The summed E-state index contributed by atoms with van der Waals surface area (Å²) in [5.74, 6) is 3.09. The zero-order valence-corrected chi connectivity index (χ0v) is 10.2. The second-order valence-electron chi connectivity index (χ2n) is 5.00. The van der Waals surface area contributed by atoms with Crippen molar-refractivity contribution < 1.29 is 0 Å². The highest BCUT2D eigenvalue weighted by molar-refractivity contribution is 5.48. The zero-order chi connectivity index (χ0) is 11.8. The van der Waals surface area contributed by atoms with Gasteiger partial charge in [0.25, 0.3) is 0 Å². The Balaban J connectivity index is 1.82. The molecule has 0 spiro atoms. The lowest BCUT2D eigenvalue weighted by Gasteiger charge is -2.18. The van der Waals surface area contributed by atoms with Gasteiger partial charge in [-0.2, -0.15) is 0 Å². The highest BCUT2D eigenvalue weighted by Gasteiger charge is 2.29. The van der Waals surface area contributed by atoms with Gasteiger partial charge in [0.05, 0.1) is 0 Å². The number of nitrogen functional groups attached to an aromatic ring is 1. The van der Waals surface area contributed by atoms with Gasteiger partial charge in [0.15, 0.2) is 0 Å². The van der Waals surface area contributed by atoms with E-state index in [9.17, 15) is 0 Å². The van der Waals surface area contributed by atoms with Gasteiger partial charge >= 0.3 is 0 Å². The van der Waals surface area contributed by atoms with Crippen LogP contribution in [0.5, 0.6) is 0 Å². The molecule has 1 saturated heterocycles. The SMILES string of the molecule is CN[C@@H]1CCN(c2cc(N)nc(C3CC3)n2)C1. The van der Waals surface area contributed by atoms with Crippen LogP contribution in [-0.4, -0.2) is 36.1 Å². The number of likely N-dealkylation sites (N-methyl/N-ethyl adjacent to an activating group) is 1. The van der Waals surface area contributed by atoms with Crippen LogP contribution in [0.15, 0.2) is 6.07 Å². The third kappa shape index (κ3) is 2.20. The van der Waals surface area contributed by atoms with Crippen LogP contribution in [0.4, 0.5) is 11.6 Å². The third-order valence-corrected chi connectivity index (χ3v) is 3.61. The van der Waals surface area contributed by atoms with Gasteiger partial charge in [-0.25, -0.2) is 9.97 Å². The summed E-state index contributed by atoms with van der Waals surface area (Å²) >= 11 is 0. The summed E-state index contributed by atoms with van der Waals surface area (Å²) in [6, 6.07) is 2.46. The molecule has 5 heteroatoms. The topological polar surface area (TPSA) is 67.1 Å². The molecular weight excluding hydrogens is 214 g/mol. The van der Waals surface area contributed by atoms with Crippen LogP contribution in [0, 0.1) is 0 Å². The summed E-state index contributed by atoms with van der Waals surface area (Å²) in [6.45, 7) is 2.06. The molecule has 1 aromatic heterocycles. The number of hydrogen-bond donors (Lipinski definition) is 2. The maximum absolute atomic E-state index is 5.87. The summed E-state index contributed by atoms with van der Waals surface area (Å²) in [7, 11) is 2.01. The van der Waals surface area contributed by atoms with Gasteiger partial charge in [-0.1, -0.05) is 0 Å². The molecule has 3 rings (SSSR count). The Morgan fingerprint density at radius 2 is 2.18 bits per heavy atom. The summed E-state index contributed by atoms with van der Waals surface area (Å²) in [5.41, 5.74) is 5.87. The molecule has 0 bridgehead atoms. The zero-order valence-electron chi connectivity index (χ0n) is 10.2. The van der Waals surface area contributed by atoms with E-state index in [1.165, 1.54) is 19.3 Å². The molecule has 1 aromatic rings. The fourth-order valence-electron chi connectivity index (χ4n) is 2.36. The van der Waals surface area contributed by atoms with Crippen molar-refractivity contribution in [3.8, 4) is 0 Å². The smallest absolute Gasteiger partial charge is 0.136 e. The first kappa shape index (κ1) is 10.8. The fourth-order valence-corrected chi connectivity index (χ4v) is 2.36. The normalized spacial score (nSPS) is 24.3. The molecule has 0 radical (unpaired) electrons. The van der Waals surface area contributed by atoms with E-state index in [4.69, 9.17) is 5.73 Å². The summed E-state index contributed by atoms with van der Waals surface area (Å²) in [5, 5.41) is 3.31. The number of rotatable bonds is 3. The summed E-state index contributed by atoms with van der Waals surface area (Å²) in [6.07, 6.45) is 3.59. The van der Waals surface area contributed by atoms with E-state index in [-0.39, 0.29) is 0 Å². The van der Waals surface area contributed by atoms with Crippen molar-refractivity contribution in [2.24, 2.45) is 0 Å². The van der Waals surface area contributed by atoms with Crippen LogP contribution in [0.25, 0.3) is 0 Å². The molecule has 17 heavy (non-hydrogen) atoms. The van der Waals surface area contributed by atoms with Crippen molar-refractivity contribution in [3.05, 3.63) is 11.9 Å². The van der Waals surface area contributed by atoms with Gasteiger partial charge in [-0.15, -0.1) is 0 Å². The molecule has 2 fully saturated rings. The largest absolute Gasteiger partial charge is 0.384 e. The molecule has 2 heterocycles. The predicted molar refractivity (Wildman–Crippen MR) is 68.1 cm³/mol. The lowest BCUT2D eigenvalue weighted by Crippen LogP contribution is -2.30. The van der Waals surface area contributed by atoms with E-state index in [0.717, 1.165) is 24.7 Å². The van der Waals surface area contributed by atoms with Crippen LogP contribution in [0.1, 0.15) is 31.0 Å². The van der Waals surface area contributed by atoms with Crippen LogP contribution in [0.2, 0.25) is 0 Å². The molecular formula is C12H19N5. The molecule has 92 valence electrons. The Morgan fingerprint density at radius 3 is 2.82 bits per heavy atom. The standard InChI is InChI=1S/C12H19N5/c1-14-9-4-5-17(7-9)11-6-10(13)15-12(16-11)8-2-3-8/h6,8-9,14H,2-5,7H2,1H3,(H2,13,15,16)/t9-/m1/s1. The van der Waals surface area contributed by atoms with Gasteiger partial charge in [0.1, 0.15) is 17.5 Å². The van der Waals surface area contributed by atoms with Crippen molar-refractivity contribution >= 4 is 11.6 Å². The average Bonchev–Trinajstić information content (AvgIpc) is 3.06. The molecule has 5 nitrogen and oxygen atoms in total. The number of hydrogen-bond acceptors (Lipinski definition) is 5. The van der Waals surface area contributed by atoms with Crippen LogP contribution in [-0.2, 0) is 0 Å². The van der Waals surface area contributed by atoms with Crippen molar-refractivity contribution in [1.82, 2.24) is 15.3 Å². The summed E-state index contributed by atoms with van der Waals surface area (Å²) in [4.78, 5) is 11.3. The molecule has 1 saturated carbocycles. The lowest BCUT2D eigenvalue weighted by molar-refractivity contribution is 0.616. The number of nitrogens with two attached hydrogens (primary N) is 1. The van der Waals surface area contributed by atoms with E-state index in [1.54, 1.807) is 0 Å². The average molecular weight is 233 g/mol. The van der Waals surface area contributed by atoms with Gasteiger partial charge in [0.2, 0.25) is 0 Å². The number of nitrogens with one attached hydrogen (secondary N) is 1. The van der Waals surface area contributed by atoms with Crippen LogP contribution in [0.3, 0.4) is 0 Å². The predicted octanol–water partition coefficient (Wildman–Crippen LogP) is 0.734. The Bertz CT molecular complexity index is 415. The van der Waals surface area contributed by atoms with Gasteiger partial charge in [0, 0.05) is 31.1 Å². The van der Waals surface area contributed by atoms with Crippen molar-refractivity contribution in [2.45, 2.75) is 31.2 Å². The first-order valence-corrected chi connectivity index (χ1v) is 6.33. The van der Waals surface area contributed by atoms with E-state index < -0.39 is 0 Å². The highest BCUT2D eigenvalue weighted by atomic mass is 15.2. The number of nitrogens with zero attached hydrogens (tertiary/aromatic N) is 3. The Hall–Kier alpha value is -1.36. The van der Waals surface area contributed by atoms with Crippen molar-refractivity contribution in [2.75, 3.05) is 30.8 Å². The Morgan fingerprint density at radius 1 is 1.35 bits per heavy atom. The maximum atomic E-state index is 5.87. The van der Waals surface area contributed by atoms with E-state index in [1.807, 2.05) is 13.1 Å². The number of aromatic nitrogens is 2. The molecule has 3 N–H and O–H groups in total. The van der Waals surface area contributed by atoms with Gasteiger partial charge in [-0.3, -0.25) is 0 Å². The van der Waals surface area contributed by atoms with Crippen LogP contribution < -0.4 is 16.0 Å². The minimum Gasteiger partial charge on any atom is -0.384 e. The Labute approximate surface area is 101 Å². The quantitative estimate of drug-likeness (QED) is 0.806. The fraction of sp³-hybridized carbons (Fsp3) is 0.667. The van der Waals surface area contributed by atoms with E-state index in [2.05, 4.69) is 20.2 Å². The minimum absolute atomic E-state index is 0.556.